The minimum atomic E-state index is -0.423. The highest BCUT2D eigenvalue weighted by Crippen LogP contribution is 2.33. The standard InChI is InChI=1S/C15H16FN3O2/c1-18-6-5-13(17-18)15(21)19-8-10(9-20)7-11-3-2-4-12(16)14(11)19/h2-6,10,20H,7-9H2,1H3. The number of amides is 1. The van der Waals surface area contributed by atoms with Gasteiger partial charge in [-0.15, -0.1) is 0 Å². The fourth-order valence-corrected chi connectivity index (χ4v) is 2.73. The van der Waals surface area contributed by atoms with Crippen LogP contribution in [0.5, 0.6) is 0 Å². The van der Waals surface area contributed by atoms with Crippen molar-refractivity contribution in [3.8, 4) is 0 Å². The van der Waals surface area contributed by atoms with Crippen LogP contribution in [-0.4, -0.2) is 33.9 Å². The fourth-order valence-electron chi connectivity index (χ4n) is 2.73. The molecule has 5 nitrogen and oxygen atoms in total. The van der Waals surface area contributed by atoms with Gasteiger partial charge in [-0.25, -0.2) is 4.39 Å². The number of anilines is 1. The maximum absolute atomic E-state index is 14.2. The van der Waals surface area contributed by atoms with Gasteiger partial charge in [-0.1, -0.05) is 12.1 Å². The summed E-state index contributed by atoms with van der Waals surface area (Å²) >= 11 is 0. The van der Waals surface area contributed by atoms with E-state index >= 15 is 0 Å². The number of fused-ring (bicyclic) bond motifs is 1. The molecule has 1 aliphatic heterocycles. The number of aryl methyl sites for hydroxylation is 1. The van der Waals surface area contributed by atoms with Gasteiger partial charge >= 0.3 is 0 Å². The smallest absolute Gasteiger partial charge is 0.278 e. The van der Waals surface area contributed by atoms with Gasteiger partial charge in [0.05, 0.1) is 5.69 Å². The second-order valence-electron chi connectivity index (χ2n) is 5.29. The van der Waals surface area contributed by atoms with Crippen LogP contribution < -0.4 is 4.90 Å². The molecule has 0 spiro atoms. The van der Waals surface area contributed by atoms with E-state index in [0.717, 1.165) is 5.56 Å². The summed E-state index contributed by atoms with van der Waals surface area (Å²) in [7, 11) is 1.72. The minimum Gasteiger partial charge on any atom is -0.396 e. The van der Waals surface area contributed by atoms with Crippen molar-refractivity contribution in [1.82, 2.24) is 9.78 Å². The topological polar surface area (TPSA) is 58.4 Å². The number of hydrogen-bond acceptors (Lipinski definition) is 3. The second-order valence-corrected chi connectivity index (χ2v) is 5.29. The van der Waals surface area contributed by atoms with Gasteiger partial charge in [0.25, 0.3) is 5.91 Å². The largest absolute Gasteiger partial charge is 0.396 e. The van der Waals surface area contributed by atoms with Crippen LogP contribution in [0.3, 0.4) is 0 Å². The lowest BCUT2D eigenvalue weighted by Gasteiger charge is -2.33. The molecule has 3 rings (SSSR count). The predicted octanol–water partition coefficient (Wildman–Crippen LogP) is 1.37. The van der Waals surface area contributed by atoms with Crippen LogP contribution in [0, 0.1) is 11.7 Å². The zero-order chi connectivity index (χ0) is 15.0. The third-order valence-corrected chi connectivity index (χ3v) is 3.73. The number of halogens is 1. The molecule has 0 radical (unpaired) electrons. The molecule has 2 heterocycles. The summed E-state index contributed by atoms with van der Waals surface area (Å²) in [6, 6.07) is 6.36. The highest BCUT2D eigenvalue weighted by atomic mass is 19.1. The van der Waals surface area contributed by atoms with E-state index in [2.05, 4.69) is 5.10 Å². The van der Waals surface area contributed by atoms with Crippen molar-refractivity contribution in [2.24, 2.45) is 13.0 Å². The highest BCUT2D eigenvalue weighted by Gasteiger charge is 2.31. The Kier molecular flexibility index (Phi) is 3.47. The lowest BCUT2D eigenvalue weighted by molar-refractivity contribution is 0.0968. The summed E-state index contributed by atoms with van der Waals surface area (Å²) in [5.74, 6) is -0.861. The third-order valence-electron chi connectivity index (χ3n) is 3.73. The summed E-state index contributed by atoms with van der Waals surface area (Å²) in [5, 5.41) is 13.5. The van der Waals surface area contributed by atoms with Crippen molar-refractivity contribution < 1.29 is 14.3 Å². The minimum absolute atomic E-state index is 0.0397. The first-order valence-corrected chi connectivity index (χ1v) is 6.80. The van der Waals surface area contributed by atoms with Gasteiger partial charge in [-0.2, -0.15) is 5.10 Å². The molecule has 6 heteroatoms. The van der Waals surface area contributed by atoms with Crippen LogP contribution in [0.2, 0.25) is 0 Å². The SMILES string of the molecule is Cn1ccc(C(=O)N2CC(CO)Cc3cccc(F)c32)n1. The van der Waals surface area contributed by atoms with E-state index in [4.69, 9.17) is 0 Å². The van der Waals surface area contributed by atoms with Crippen molar-refractivity contribution in [2.75, 3.05) is 18.1 Å². The molecule has 0 bridgehead atoms. The third kappa shape index (κ3) is 2.42. The molecule has 0 fully saturated rings. The molecule has 1 unspecified atom stereocenters. The second kappa shape index (κ2) is 5.29. The van der Waals surface area contributed by atoms with Gasteiger partial charge in [0.1, 0.15) is 5.82 Å². The monoisotopic (exact) mass is 289 g/mol. The molecule has 1 N–H and O–H groups in total. The van der Waals surface area contributed by atoms with Crippen LogP contribution in [0.1, 0.15) is 16.1 Å². The Morgan fingerprint density at radius 3 is 2.95 bits per heavy atom. The number of aliphatic hydroxyl groups excluding tert-OH is 1. The summed E-state index contributed by atoms with van der Waals surface area (Å²) < 4.78 is 15.7. The van der Waals surface area contributed by atoms with Crippen LogP contribution in [-0.2, 0) is 13.5 Å². The zero-order valence-electron chi connectivity index (χ0n) is 11.7. The van der Waals surface area contributed by atoms with Gasteiger partial charge < -0.3 is 10.0 Å². The van der Waals surface area contributed by atoms with Crippen LogP contribution in [0.25, 0.3) is 0 Å². The van der Waals surface area contributed by atoms with Crippen molar-refractivity contribution >= 4 is 11.6 Å². The Labute approximate surface area is 121 Å². The number of carbonyl (C=O) groups is 1. The number of rotatable bonds is 2. The number of benzene rings is 1. The van der Waals surface area contributed by atoms with Gasteiger partial charge in [-0.05, 0) is 24.1 Å². The van der Waals surface area contributed by atoms with E-state index in [1.54, 1.807) is 31.4 Å². The zero-order valence-corrected chi connectivity index (χ0v) is 11.7. The van der Waals surface area contributed by atoms with Crippen molar-refractivity contribution in [3.05, 3.63) is 47.5 Å². The van der Waals surface area contributed by atoms with Crippen LogP contribution >= 0.6 is 0 Å². The lowest BCUT2D eigenvalue weighted by atomic mass is 9.92. The fraction of sp³-hybridized carbons (Fsp3) is 0.333. The molecule has 1 aromatic heterocycles. The van der Waals surface area contributed by atoms with E-state index in [9.17, 15) is 14.3 Å². The number of para-hydroxylation sites is 1. The number of hydrogen-bond donors (Lipinski definition) is 1. The summed E-state index contributed by atoms with van der Waals surface area (Å²) in [4.78, 5) is 14.0. The van der Waals surface area contributed by atoms with Gasteiger partial charge in [-0.3, -0.25) is 9.48 Å². The number of aromatic nitrogens is 2. The molecule has 0 aliphatic carbocycles. The van der Waals surface area contributed by atoms with E-state index in [1.165, 1.54) is 15.6 Å². The molecular formula is C15H16FN3O2. The van der Waals surface area contributed by atoms with Crippen LogP contribution in [0.4, 0.5) is 10.1 Å². The quantitative estimate of drug-likeness (QED) is 0.908. The molecule has 110 valence electrons. The first-order valence-electron chi connectivity index (χ1n) is 6.80. The van der Waals surface area contributed by atoms with Gasteiger partial charge in [0, 0.05) is 32.3 Å². The molecule has 2 aromatic rings. The van der Waals surface area contributed by atoms with E-state index < -0.39 is 5.82 Å². The molecule has 0 saturated carbocycles. The molecule has 1 aromatic carbocycles. The highest BCUT2D eigenvalue weighted by molar-refractivity contribution is 6.05. The first kappa shape index (κ1) is 13.8. The summed E-state index contributed by atoms with van der Waals surface area (Å²) in [6.45, 7) is 0.252. The number of carbonyl (C=O) groups excluding carboxylic acids is 1. The van der Waals surface area contributed by atoms with Crippen LogP contribution in [0.15, 0.2) is 30.5 Å². The van der Waals surface area contributed by atoms with Gasteiger partial charge in [0.2, 0.25) is 0 Å². The maximum atomic E-state index is 14.2. The Morgan fingerprint density at radius 1 is 1.48 bits per heavy atom. The van der Waals surface area contributed by atoms with E-state index in [0.29, 0.717) is 18.7 Å². The molecular weight excluding hydrogens is 273 g/mol. The van der Waals surface area contributed by atoms with Crippen molar-refractivity contribution in [2.45, 2.75) is 6.42 Å². The normalized spacial score (nSPS) is 17.7. The van der Waals surface area contributed by atoms with Crippen molar-refractivity contribution in [3.63, 3.8) is 0 Å². The molecule has 1 amide bonds. The Morgan fingerprint density at radius 2 is 2.29 bits per heavy atom. The Bertz CT molecular complexity index is 683. The predicted molar refractivity (Wildman–Crippen MR) is 75.6 cm³/mol. The van der Waals surface area contributed by atoms with E-state index in [-0.39, 0.29) is 24.1 Å². The molecule has 21 heavy (non-hydrogen) atoms. The van der Waals surface area contributed by atoms with Crippen molar-refractivity contribution in [1.29, 1.82) is 0 Å². The summed E-state index contributed by atoms with van der Waals surface area (Å²) in [5.41, 5.74) is 1.31. The molecule has 1 aliphatic rings. The molecule has 1 atom stereocenters. The Balaban J connectivity index is 2.03. The average Bonchev–Trinajstić information content (AvgIpc) is 2.92. The lowest BCUT2D eigenvalue weighted by Crippen LogP contribution is -2.42. The maximum Gasteiger partial charge on any atom is 0.278 e. The summed E-state index contributed by atoms with van der Waals surface area (Å²) in [6.07, 6.45) is 2.23. The van der Waals surface area contributed by atoms with E-state index in [1.807, 2.05) is 0 Å². The number of nitrogens with zero attached hydrogens (tertiary/aromatic N) is 3. The van der Waals surface area contributed by atoms with Gasteiger partial charge in [0.15, 0.2) is 5.69 Å². The molecule has 0 saturated heterocycles. The average molecular weight is 289 g/mol. The number of aliphatic hydroxyl groups is 1. The first-order chi connectivity index (χ1) is 10.1. The Hall–Kier alpha value is -2.21.